The Labute approximate surface area is 177 Å². The lowest BCUT2D eigenvalue weighted by molar-refractivity contribution is 0.463. The summed E-state index contributed by atoms with van der Waals surface area (Å²) >= 11 is 8.36. The maximum absolute atomic E-state index is 6.75. The topological polar surface area (TPSA) is 70.6 Å². The van der Waals surface area contributed by atoms with Gasteiger partial charge in [0.25, 0.3) is 0 Å². The molecule has 2 aliphatic rings. The van der Waals surface area contributed by atoms with Crippen LogP contribution in [0.1, 0.15) is 42.8 Å². The Morgan fingerprint density at radius 3 is 2.66 bits per heavy atom. The van der Waals surface area contributed by atoms with Crippen molar-refractivity contribution in [3.05, 3.63) is 27.9 Å². The summed E-state index contributed by atoms with van der Waals surface area (Å²) in [6.07, 6.45) is 6.36. The van der Waals surface area contributed by atoms with Crippen molar-refractivity contribution in [3.63, 3.8) is 0 Å². The average Bonchev–Trinajstić information content (AvgIpc) is 3.35. The second-order valence-electron chi connectivity index (χ2n) is 8.13. The number of hydrogen-bond donors (Lipinski definition) is 1. The molecule has 148 valence electrons. The predicted octanol–water partition coefficient (Wildman–Crippen LogP) is 5.42. The van der Waals surface area contributed by atoms with Crippen molar-refractivity contribution in [1.29, 1.82) is 0 Å². The molecule has 0 spiro atoms. The van der Waals surface area contributed by atoms with E-state index in [4.69, 9.17) is 21.6 Å². The second-order valence-corrected chi connectivity index (χ2v) is 9.72. The van der Waals surface area contributed by atoms with Crippen molar-refractivity contribution in [2.75, 3.05) is 4.90 Å². The molecule has 29 heavy (non-hydrogen) atoms. The second kappa shape index (κ2) is 6.37. The third-order valence-electron chi connectivity index (χ3n) is 6.35. The minimum Gasteiger partial charge on any atom is -0.349 e. The molecule has 6 rings (SSSR count). The fourth-order valence-corrected chi connectivity index (χ4v) is 6.30. The first-order valence-corrected chi connectivity index (χ1v) is 11.4. The van der Waals surface area contributed by atoms with Crippen LogP contribution in [0.5, 0.6) is 0 Å². The average molecular weight is 425 g/mol. The van der Waals surface area contributed by atoms with Crippen molar-refractivity contribution < 1.29 is 0 Å². The van der Waals surface area contributed by atoms with Gasteiger partial charge in [0.1, 0.15) is 5.52 Å². The van der Waals surface area contributed by atoms with E-state index in [1.54, 1.807) is 11.3 Å². The number of thiazole rings is 1. The van der Waals surface area contributed by atoms with Crippen LogP contribution in [0.2, 0.25) is 5.02 Å². The van der Waals surface area contributed by atoms with Gasteiger partial charge in [0, 0.05) is 17.6 Å². The zero-order valence-electron chi connectivity index (χ0n) is 16.4. The van der Waals surface area contributed by atoms with Crippen LogP contribution in [0, 0.1) is 13.8 Å². The van der Waals surface area contributed by atoms with Crippen LogP contribution in [0.4, 0.5) is 5.82 Å². The van der Waals surface area contributed by atoms with Crippen molar-refractivity contribution in [1.82, 2.24) is 25.1 Å². The Balaban J connectivity index is 1.49. The summed E-state index contributed by atoms with van der Waals surface area (Å²) in [6, 6.07) is 5.20. The largest absolute Gasteiger partial charge is 0.349 e. The maximum atomic E-state index is 6.75. The first kappa shape index (κ1) is 17.6. The maximum Gasteiger partial charge on any atom is 0.202 e. The van der Waals surface area contributed by atoms with Gasteiger partial charge in [-0.25, -0.2) is 15.0 Å². The molecule has 1 aromatic carbocycles. The van der Waals surface area contributed by atoms with Crippen molar-refractivity contribution in [2.45, 2.75) is 58.0 Å². The predicted molar refractivity (Wildman–Crippen MR) is 118 cm³/mol. The Bertz CT molecular complexity index is 1250. The molecule has 2 aliphatic heterocycles. The zero-order chi connectivity index (χ0) is 19.7. The molecule has 1 N–H and O–H groups in total. The Hall–Kier alpha value is -2.25. The summed E-state index contributed by atoms with van der Waals surface area (Å²) in [5.41, 5.74) is 5.03. The zero-order valence-corrected chi connectivity index (χ0v) is 17.9. The Kier molecular flexibility index (Phi) is 3.87. The van der Waals surface area contributed by atoms with Gasteiger partial charge in [-0.3, -0.25) is 5.10 Å². The number of nitrogens with one attached hydrogen (secondary N) is 1. The van der Waals surface area contributed by atoms with Crippen LogP contribution in [0.25, 0.3) is 32.6 Å². The number of H-pyrrole nitrogens is 1. The molecule has 8 heteroatoms. The molecule has 3 aromatic heterocycles. The smallest absolute Gasteiger partial charge is 0.202 e. The normalized spacial score (nSPS) is 21.6. The molecule has 0 unspecified atom stereocenters. The number of aromatic amines is 1. The number of hydrogen-bond acceptors (Lipinski definition) is 6. The molecule has 2 bridgehead atoms. The van der Waals surface area contributed by atoms with Gasteiger partial charge < -0.3 is 4.90 Å². The van der Waals surface area contributed by atoms with E-state index in [-0.39, 0.29) is 0 Å². The highest BCUT2D eigenvalue weighted by molar-refractivity contribution is 7.19. The van der Waals surface area contributed by atoms with E-state index in [1.165, 1.54) is 32.1 Å². The van der Waals surface area contributed by atoms with Crippen LogP contribution in [-0.2, 0) is 0 Å². The number of aryl methyl sites for hydroxylation is 2. The summed E-state index contributed by atoms with van der Waals surface area (Å²) in [5, 5.41) is 9.33. The van der Waals surface area contributed by atoms with Crippen LogP contribution < -0.4 is 4.90 Å². The minimum absolute atomic E-state index is 0.601. The summed E-state index contributed by atoms with van der Waals surface area (Å²) in [6.45, 7) is 4.06. The molecular formula is C21H21ClN6S. The minimum atomic E-state index is 0.601. The molecule has 0 radical (unpaired) electrons. The van der Waals surface area contributed by atoms with E-state index >= 15 is 0 Å². The van der Waals surface area contributed by atoms with Gasteiger partial charge in [0.2, 0.25) is 5.65 Å². The number of nitrogens with zero attached hydrogens (tertiary/aromatic N) is 5. The van der Waals surface area contributed by atoms with Crippen molar-refractivity contribution in [3.8, 4) is 11.3 Å². The molecule has 4 aromatic rings. The fraction of sp³-hybridized carbons (Fsp3) is 0.429. The third kappa shape index (κ3) is 2.60. The SMILES string of the molecule is Cc1nc2ccc(-c3[nH]nc4nc(N5[C@@H]6CCC[C@H]5CC6)c(C)nc34)c(Cl)c2s1. The standard InChI is InChI=1S/C21H21ClN6S/c1-10-21(28-12-4-3-5-13(28)7-6-12)25-20-18(23-10)17(26-27-20)14-8-9-15-19(16(14)22)29-11(2)24-15/h8-9,12-13H,3-7H2,1-2H3,(H,25,26,27)/t12-,13+. The summed E-state index contributed by atoms with van der Waals surface area (Å²) in [4.78, 5) is 16.9. The molecule has 0 aliphatic carbocycles. The highest BCUT2D eigenvalue weighted by atomic mass is 35.5. The van der Waals surface area contributed by atoms with Gasteiger partial charge in [-0.2, -0.15) is 5.10 Å². The number of aromatic nitrogens is 5. The first-order valence-electron chi connectivity index (χ1n) is 10.2. The summed E-state index contributed by atoms with van der Waals surface area (Å²) in [5.74, 6) is 1.00. The van der Waals surface area contributed by atoms with E-state index in [1.807, 2.05) is 19.1 Å². The molecule has 6 nitrogen and oxygen atoms in total. The summed E-state index contributed by atoms with van der Waals surface area (Å²) < 4.78 is 0.996. The molecule has 5 heterocycles. The summed E-state index contributed by atoms with van der Waals surface area (Å²) in [7, 11) is 0. The van der Waals surface area contributed by atoms with Gasteiger partial charge in [-0.1, -0.05) is 11.6 Å². The van der Waals surface area contributed by atoms with E-state index in [0.29, 0.717) is 22.8 Å². The van der Waals surface area contributed by atoms with Crippen LogP contribution >= 0.6 is 22.9 Å². The number of halogens is 1. The quantitative estimate of drug-likeness (QED) is 0.465. The van der Waals surface area contributed by atoms with Crippen molar-refractivity contribution in [2.24, 2.45) is 0 Å². The van der Waals surface area contributed by atoms with E-state index in [9.17, 15) is 0 Å². The molecular weight excluding hydrogens is 404 g/mol. The molecule has 0 saturated carbocycles. The molecule has 2 atom stereocenters. The molecule has 2 saturated heterocycles. The first-order chi connectivity index (χ1) is 14.1. The van der Waals surface area contributed by atoms with Crippen LogP contribution in [-0.4, -0.2) is 37.2 Å². The van der Waals surface area contributed by atoms with E-state index < -0.39 is 0 Å². The highest BCUT2D eigenvalue weighted by Gasteiger charge is 2.38. The lowest BCUT2D eigenvalue weighted by Crippen LogP contribution is -2.40. The van der Waals surface area contributed by atoms with E-state index in [0.717, 1.165) is 43.5 Å². The highest BCUT2D eigenvalue weighted by Crippen LogP contribution is 2.41. The van der Waals surface area contributed by atoms with Gasteiger partial charge >= 0.3 is 0 Å². The Morgan fingerprint density at radius 1 is 1.07 bits per heavy atom. The van der Waals surface area contributed by atoms with Crippen LogP contribution in [0.15, 0.2) is 12.1 Å². The molecule has 2 fully saturated rings. The van der Waals surface area contributed by atoms with E-state index in [2.05, 4.69) is 27.0 Å². The molecule has 0 amide bonds. The number of anilines is 1. The Morgan fingerprint density at radius 2 is 1.86 bits per heavy atom. The van der Waals surface area contributed by atoms with Crippen molar-refractivity contribution >= 4 is 50.1 Å². The number of rotatable bonds is 2. The lowest BCUT2D eigenvalue weighted by Gasteiger charge is -2.36. The fourth-order valence-electron chi connectivity index (χ4n) is 5.07. The van der Waals surface area contributed by atoms with Gasteiger partial charge in [-0.15, -0.1) is 11.3 Å². The lowest BCUT2D eigenvalue weighted by atomic mass is 10.0. The number of benzene rings is 1. The van der Waals surface area contributed by atoms with Gasteiger partial charge in [0.15, 0.2) is 5.82 Å². The van der Waals surface area contributed by atoms with Crippen LogP contribution in [0.3, 0.4) is 0 Å². The number of fused-ring (bicyclic) bond motifs is 4. The monoisotopic (exact) mass is 424 g/mol. The van der Waals surface area contributed by atoms with Gasteiger partial charge in [-0.05, 0) is 58.1 Å². The number of piperidine rings is 1. The van der Waals surface area contributed by atoms with Gasteiger partial charge in [0.05, 0.1) is 31.6 Å². The third-order valence-corrected chi connectivity index (χ3v) is 7.86.